The molecule has 0 aromatic heterocycles. The van der Waals surface area contributed by atoms with Gasteiger partial charge in [0.15, 0.2) is 0 Å². The van der Waals surface area contributed by atoms with Crippen LogP contribution in [0.2, 0.25) is 0 Å². The van der Waals surface area contributed by atoms with Crippen LogP contribution < -0.4 is 10.5 Å². The molecule has 1 aliphatic rings. The Morgan fingerprint density at radius 2 is 1.78 bits per heavy atom. The van der Waals surface area contributed by atoms with Crippen molar-refractivity contribution in [1.82, 2.24) is 0 Å². The summed E-state index contributed by atoms with van der Waals surface area (Å²) in [6.45, 7) is 0.653. The fourth-order valence-electron chi connectivity index (χ4n) is 3.01. The summed E-state index contributed by atoms with van der Waals surface area (Å²) in [7, 11) is -4.02. The summed E-state index contributed by atoms with van der Waals surface area (Å²) in [4.78, 5) is 9.96. The molecule has 0 atom stereocenters. The Labute approximate surface area is 136 Å². The highest BCUT2D eigenvalue weighted by molar-refractivity contribution is 7.89. The number of nitro groups is 1. The minimum Gasteiger partial charge on any atom is -0.384 e. The number of hydrogen-bond donors (Lipinski definition) is 2. The first-order valence-corrected chi connectivity index (χ1v) is 9.47. The maximum atomic E-state index is 11.7. The van der Waals surface area contributed by atoms with E-state index < -0.39 is 14.9 Å². The van der Waals surface area contributed by atoms with E-state index in [9.17, 15) is 18.5 Å². The van der Waals surface area contributed by atoms with Crippen LogP contribution >= 0.6 is 0 Å². The Balaban J connectivity index is 2.13. The highest BCUT2D eigenvalue weighted by atomic mass is 32.2. The summed E-state index contributed by atoms with van der Waals surface area (Å²) in [5.74, 6) is 0.485. The molecule has 128 valence electrons. The van der Waals surface area contributed by atoms with Crippen LogP contribution in [0.1, 0.15) is 44.9 Å². The number of rotatable bonds is 5. The number of primary sulfonamides is 1. The Kier molecular flexibility index (Phi) is 5.95. The summed E-state index contributed by atoms with van der Waals surface area (Å²) in [6, 6.07) is 3.71. The maximum Gasteiger partial charge on any atom is 0.270 e. The van der Waals surface area contributed by atoms with Crippen LogP contribution in [-0.2, 0) is 10.0 Å². The van der Waals surface area contributed by atoms with Crippen LogP contribution in [0, 0.1) is 16.0 Å². The first-order chi connectivity index (χ1) is 10.9. The third-order valence-corrected chi connectivity index (χ3v) is 5.24. The number of nitrogens with zero attached hydrogens (tertiary/aromatic N) is 1. The Hall–Kier alpha value is -1.67. The van der Waals surface area contributed by atoms with Gasteiger partial charge in [0.2, 0.25) is 10.0 Å². The van der Waals surface area contributed by atoms with Crippen molar-refractivity contribution in [2.45, 2.75) is 49.8 Å². The van der Waals surface area contributed by atoms with Gasteiger partial charge in [0.05, 0.1) is 10.6 Å². The highest BCUT2D eigenvalue weighted by Gasteiger charge is 2.20. The van der Waals surface area contributed by atoms with Gasteiger partial charge in [-0.2, -0.15) is 0 Å². The molecular weight excluding hydrogens is 318 g/mol. The topological polar surface area (TPSA) is 115 Å². The zero-order valence-electron chi connectivity index (χ0n) is 13.0. The number of benzene rings is 1. The van der Waals surface area contributed by atoms with Crippen LogP contribution in [0.25, 0.3) is 0 Å². The van der Waals surface area contributed by atoms with E-state index in [4.69, 9.17) is 5.14 Å². The van der Waals surface area contributed by atoms with Gasteiger partial charge >= 0.3 is 0 Å². The first-order valence-electron chi connectivity index (χ1n) is 7.93. The lowest BCUT2D eigenvalue weighted by molar-refractivity contribution is -0.385. The third kappa shape index (κ3) is 5.18. The number of nitrogens with two attached hydrogens (primary N) is 1. The molecule has 1 aromatic rings. The molecule has 0 bridgehead atoms. The highest BCUT2D eigenvalue weighted by Crippen LogP contribution is 2.27. The van der Waals surface area contributed by atoms with E-state index >= 15 is 0 Å². The second kappa shape index (κ2) is 7.74. The molecule has 0 heterocycles. The van der Waals surface area contributed by atoms with Crippen LogP contribution in [0.3, 0.4) is 0 Å². The smallest absolute Gasteiger partial charge is 0.270 e. The van der Waals surface area contributed by atoms with Crippen molar-refractivity contribution in [3.63, 3.8) is 0 Å². The summed E-state index contributed by atoms with van der Waals surface area (Å²) in [5.41, 5.74) is 0.0469. The van der Waals surface area contributed by atoms with Gasteiger partial charge in [-0.05, 0) is 24.8 Å². The van der Waals surface area contributed by atoms with Gasteiger partial charge in [0.1, 0.15) is 4.90 Å². The van der Waals surface area contributed by atoms with Crippen LogP contribution in [-0.4, -0.2) is 19.9 Å². The molecule has 0 aliphatic heterocycles. The van der Waals surface area contributed by atoms with Gasteiger partial charge in [-0.3, -0.25) is 10.1 Å². The minimum atomic E-state index is -4.02. The van der Waals surface area contributed by atoms with Crippen LogP contribution in [0.15, 0.2) is 23.1 Å². The molecule has 0 spiro atoms. The predicted molar refractivity (Wildman–Crippen MR) is 88.8 cm³/mol. The van der Waals surface area contributed by atoms with Gasteiger partial charge < -0.3 is 5.32 Å². The SMILES string of the molecule is NS(=O)(=O)c1cc([N+](=O)[O-])ccc1NCC1CCCCCCC1. The summed E-state index contributed by atoms with van der Waals surface area (Å²) in [5, 5.41) is 19.1. The summed E-state index contributed by atoms with van der Waals surface area (Å²) >= 11 is 0. The van der Waals surface area contributed by atoms with E-state index in [0.29, 0.717) is 18.2 Å². The number of sulfonamides is 1. The quantitative estimate of drug-likeness (QED) is 0.631. The van der Waals surface area contributed by atoms with Crippen LogP contribution in [0.4, 0.5) is 11.4 Å². The van der Waals surface area contributed by atoms with Gasteiger partial charge in [0, 0.05) is 18.7 Å². The predicted octanol–water partition coefficient (Wildman–Crippen LogP) is 3.01. The van der Waals surface area contributed by atoms with Gasteiger partial charge in [-0.15, -0.1) is 0 Å². The normalized spacial score (nSPS) is 17.3. The van der Waals surface area contributed by atoms with Gasteiger partial charge in [0.25, 0.3) is 5.69 Å². The van der Waals surface area contributed by atoms with E-state index in [1.807, 2.05) is 0 Å². The zero-order valence-corrected chi connectivity index (χ0v) is 13.8. The fourth-order valence-corrected chi connectivity index (χ4v) is 3.74. The molecule has 0 saturated heterocycles. The molecule has 23 heavy (non-hydrogen) atoms. The number of nitro benzene ring substituents is 1. The monoisotopic (exact) mass is 341 g/mol. The zero-order chi connectivity index (χ0) is 16.9. The van der Waals surface area contributed by atoms with Crippen molar-refractivity contribution in [2.75, 3.05) is 11.9 Å². The molecule has 0 radical (unpaired) electrons. The second-order valence-electron chi connectivity index (χ2n) is 6.07. The lowest BCUT2D eigenvalue weighted by atomic mass is 9.91. The number of hydrogen-bond acceptors (Lipinski definition) is 5. The van der Waals surface area contributed by atoms with E-state index in [-0.39, 0.29) is 10.6 Å². The van der Waals surface area contributed by atoms with E-state index in [1.54, 1.807) is 0 Å². The van der Waals surface area contributed by atoms with Crippen molar-refractivity contribution in [1.29, 1.82) is 0 Å². The largest absolute Gasteiger partial charge is 0.384 e. The molecule has 0 unspecified atom stereocenters. The Morgan fingerprint density at radius 3 is 2.35 bits per heavy atom. The lowest BCUT2D eigenvalue weighted by Gasteiger charge is -2.21. The lowest BCUT2D eigenvalue weighted by Crippen LogP contribution is -2.19. The molecular formula is C15H23N3O4S. The fraction of sp³-hybridized carbons (Fsp3) is 0.600. The maximum absolute atomic E-state index is 11.7. The molecule has 8 heteroatoms. The molecule has 1 aromatic carbocycles. The van der Waals surface area contributed by atoms with Crippen molar-refractivity contribution < 1.29 is 13.3 Å². The molecule has 1 aliphatic carbocycles. The molecule has 2 rings (SSSR count). The minimum absolute atomic E-state index is 0.224. The second-order valence-corrected chi connectivity index (χ2v) is 7.60. The Bertz CT molecular complexity index is 653. The van der Waals surface area contributed by atoms with Crippen molar-refractivity contribution >= 4 is 21.4 Å². The number of non-ortho nitro benzene ring substituents is 1. The average Bonchev–Trinajstić information content (AvgIpc) is 2.45. The van der Waals surface area contributed by atoms with Crippen LogP contribution in [0.5, 0.6) is 0 Å². The molecule has 1 fully saturated rings. The molecule has 0 amide bonds. The van der Waals surface area contributed by atoms with Gasteiger partial charge in [-0.25, -0.2) is 13.6 Å². The molecule has 1 saturated carbocycles. The van der Waals surface area contributed by atoms with E-state index in [0.717, 1.165) is 18.9 Å². The van der Waals surface area contributed by atoms with Crippen molar-refractivity contribution in [3.05, 3.63) is 28.3 Å². The Morgan fingerprint density at radius 1 is 1.17 bits per heavy atom. The van der Waals surface area contributed by atoms with Gasteiger partial charge in [-0.1, -0.05) is 32.1 Å². The summed E-state index contributed by atoms with van der Waals surface area (Å²) in [6.07, 6.45) is 8.39. The van der Waals surface area contributed by atoms with Crippen molar-refractivity contribution in [3.8, 4) is 0 Å². The van der Waals surface area contributed by atoms with E-state index in [2.05, 4.69) is 5.32 Å². The number of nitrogens with one attached hydrogen (secondary N) is 1. The third-order valence-electron chi connectivity index (χ3n) is 4.29. The molecule has 3 N–H and O–H groups in total. The summed E-state index contributed by atoms with van der Waals surface area (Å²) < 4.78 is 23.4. The molecule has 7 nitrogen and oxygen atoms in total. The first kappa shape index (κ1) is 17.7. The number of anilines is 1. The standard InChI is InChI=1S/C15H23N3O4S/c16-23(21,22)15-10-13(18(19)20)8-9-14(15)17-11-12-6-4-2-1-3-5-7-12/h8-10,12,17H,1-7,11H2,(H2,16,21,22). The van der Waals surface area contributed by atoms with Crippen molar-refractivity contribution in [2.24, 2.45) is 11.1 Å². The average molecular weight is 341 g/mol. The van der Waals surface area contributed by atoms with E-state index in [1.165, 1.54) is 44.2 Å².